The van der Waals surface area contributed by atoms with Crippen LogP contribution in [-0.2, 0) is 9.53 Å². The number of alkyl halides is 1. The fourth-order valence-electron chi connectivity index (χ4n) is 2.82. The Kier molecular flexibility index (Phi) is 4.52. The number of nitrogens with zero attached hydrogens (tertiary/aromatic N) is 5. The normalized spacial score (nSPS) is 23.9. The second kappa shape index (κ2) is 6.76. The minimum absolute atomic E-state index is 0.0537. The third-order valence-corrected chi connectivity index (χ3v) is 4.11. The predicted molar refractivity (Wildman–Crippen MR) is 84.8 cm³/mol. The molecule has 1 aromatic rings. The number of ketones is 1. The van der Waals surface area contributed by atoms with Gasteiger partial charge in [0.15, 0.2) is 12.0 Å². The molecule has 1 amide bonds. The fourth-order valence-corrected chi connectivity index (χ4v) is 2.82. The molecule has 9 heteroatoms. The first-order valence-electron chi connectivity index (χ1n) is 7.59. The molecule has 2 saturated heterocycles. The first kappa shape index (κ1) is 16.1. The summed E-state index contributed by atoms with van der Waals surface area (Å²) in [5.74, 6) is -0.353. The van der Waals surface area contributed by atoms with E-state index in [1.54, 1.807) is 24.3 Å². The Morgan fingerprint density at radius 1 is 1.25 bits per heavy atom. The Morgan fingerprint density at radius 3 is 2.62 bits per heavy atom. The number of halogens is 1. The van der Waals surface area contributed by atoms with Crippen molar-refractivity contribution in [3.8, 4) is 0 Å². The minimum Gasteiger partial charge on any atom is -0.444 e. The smallest absolute Gasteiger partial charge is 0.414 e. The van der Waals surface area contributed by atoms with Crippen molar-refractivity contribution in [2.75, 3.05) is 36.0 Å². The van der Waals surface area contributed by atoms with Crippen LogP contribution in [0.3, 0.4) is 0 Å². The van der Waals surface area contributed by atoms with Gasteiger partial charge in [-0.3, -0.25) is 9.69 Å². The zero-order chi connectivity index (χ0) is 17.1. The molecule has 0 saturated carbocycles. The topological polar surface area (TPSA) is 98.6 Å². The fraction of sp³-hybridized carbons (Fsp3) is 0.467. The zero-order valence-electron chi connectivity index (χ0n) is 12.8. The molecule has 8 nitrogen and oxygen atoms in total. The maximum Gasteiger partial charge on any atom is 0.414 e. The van der Waals surface area contributed by atoms with Crippen molar-refractivity contribution in [1.82, 2.24) is 0 Å². The Bertz CT molecular complexity index is 689. The predicted octanol–water partition coefficient (Wildman–Crippen LogP) is 2.44. The second-order valence-corrected chi connectivity index (χ2v) is 5.68. The van der Waals surface area contributed by atoms with E-state index >= 15 is 0 Å². The molecule has 2 fully saturated rings. The van der Waals surface area contributed by atoms with Gasteiger partial charge in [0.2, 0.25) is 0 Å². The summed E-state index contributed by atoms with van der Waals surface area (Å²) in [6.45, 7) is 0.940. The number of rotatable bonds is 4. The molecule has 126 valence electrons. The molecular weight excluding hydrogens is 317 g/mol. The molecule has 2 aliphatic rings. The third-order valence-electron chi connectivity index (χ3n) is 4.11. The van der Waals surface area contributed by atoms with Gasteiger partial charge in [-0.15, -0.1) is 0 Å². The maximum absolute atomic E-state index is 13.5. The number of azide groups is 1. The Balaban J connectivity index is 1.67. The first-order chi connectivity index (χ1) is 11.6. The van der Waals surface area contributed by atoms with Crippen LogP contribution in [0.25, 0.3) is 10.4 Å². The largest absolute Gasteiger partial charge is 0.444 e. The van der Waals surface area contributed by atoms with Gasteiger partial charge >= 0.3 is 6.09 Å². The van der Waals surface area contributed by atoms with E-state index in [0.717, 1.165) is 5.69 Å². The number of anilines is 2. The number of hydrogen-bond acceptors (Lipinski definition) is 5. The highest BCUT2D eigenvalue weighted by atomic mass is 19.1. The SMILES string of the molecule is [N-]=[N+]=NCC1CN(c2ccc(N3CCC(=O)[C@@H](F)C3)cc2)C(=O)O1. The first-order valence-corrected chi connectivity index (χ1v) is 7.59. The average molecular weight is 333 g/mol. The van der Waals surface area contributed by atoms with Crippen LogP contribution in [0.5, 0.6) is 0 Å². The molecule has 1 unspecified atom stereocenters. The summed E-state index contributed by atoms with van der Waals surface area (Å²) in [6, 6.07) is 7.06. The lowest BCUT2D eigenvalue weighted by molar-refractivity contribution is -0.124. The van der Waals surface area contributed by atoms with E-state index in [1.165, 1.54) is 4.90 Å². The van der Waals surface area contributed by atoms with Crippen molar-refractivity contribution in [1.29, 1.82) is 0 Å². The third kappa shape index (κ3) is 3.26. The van der Waals surface area contributed by atoms with Gasteiger partial charge in [0, 0.05) is 29.3 Å². The van der Waals surface area contributed by atoms with Crippen LogP contribution in [0.1, 0.15) is 6.42 Å². The van der Waals surface area contributed by atoms with Gasteiger partial charge in [0.05, 0.1) is 19.6 Å². The highest BCUT2D eigenvalue weighted by Gasteiger charge is 2.32. The van der Waals surface area contributed by atoms with Crippen LogP contribution in [0, 0.1) is 0 Å². The molecule has 2 heterocycles. The van der Waals surface area contributed by atoms with Crippen molar-refractivity contribution in [2.24, 2.45) is 5.11 Å². The van der Waals surface area contributed by atoms with Gasteiger partial charge in [-0.05, 0) is 29.8 Å². The Labute approximate surface area is 137 Å². The number of cyclic esters (lactones) is 1. The number of piperidine rings is 1. The maximum atomic E-state index is 13.5. The van der Waals surface area contributed by atoms with E-state index < -0.39 is 18.4 Å². The minimum atomic E-state index is -1.45. The van der Waals surface area contributed by atoms with Crippen LogP contribution >= 0.6 is 0 Å². The van der Waals surface area contributed by atoms with Crippen LogP contribution in [-0.4, -0.2) is 50.3 Å². The number of benzene rings is 1. The number of amides is 1. The van der Waals surface area contributed by atoms with Crippen molar-refractivity contribution in [2.45, 2.75) is 18.7 Å². The van der Waals surface area contributed by atoms with E-state index in [1.807, 2.05) is 4.90 Å². The van der Waals surface area contributed by atoms with Crippen LogP contribution in [0.4, 0.5) is 20.6 Å². The molecule has 0 aromatic heterocycles. The molecule has 0 bridgehead atoms. The quantitative estimate of drug-likeness (QED) is 0.480. The lowest BCUT2D eigenvalue weighted by Gasteiger charge is -2.30. The summed E-state index contributed by atoms with van der Waals surface area (Å²) in [5.41, 5.74) is 9.76. The van der Waals surface area contributed by atoms with Gasteiger partial charge in [0.1, 0.15) is 6.10 Å². The summed E-state index contributed by atoms with van der Waals surface area (Å²) in [7, 11) is 0. The van der Waals surface area contributed by atoms with E-state index in [4.69, 9.17) is 10.3 Å². The average Bonchev–Trinajstić information content (AvgIpc) is 2.96. The number of carbonyl (C=O) groups excluding carboxylic acids is 2. The highest BCUT2D eigenvalue weighted by Crippen LogP contribution is 2.26. The molecule has 2 atom stereocenters. The van der Waals surface area contributed by atoms with E-state index in [2.05, 4.69) is 10.0 Å². The second-order valence-electron chi connectivity index (χ2n) is 5.68. The Morgan fingerprint density at radius 2 is 1.96 bits per heavy atom. The van der Waals surface area contributed by atoms with Crippen molar-refractivity contribution in [3.63, 3.8) is 0 Å². The number of hydrogen-bond donors (Lipinski definition) is 0. The summed E-state index contributed by atoms with van der Waals surface area (Å²) in [5, 5.41) is 3.41. The van der Waals surface area contributed by atoms with Crippen molar-refractivity contribution in [3.05, 3.63) is 34.7 Å². The van der Waals surface area contributed by atoms with E-state index in [0.29, 0.717) is 18.8 Å². The molecular formula is C15H16FN5O3. The van der Waals surface area contributed by atoms with Crippen molar-refractivity contribution >= 4 is 23.3 Å². The van der Waals surface area contributed by atoms with Crippen LogP contribution in [0.2, 0.25) is 0 Å². The van der Waals surface area contributed by atoms with Gasteiger partial charge in [-0.1, -0.05) is 5.11 Å². The molecule has 2 aliphatic heterocycles. The van der Waals surface area contributed by atoms with Crippen molar-refractivity contribution < 1.29 is 18.7 Å². The zero-order valence-corrected chi connectivity index (χ0v) is 12.8. The number of ether oxygens (including phenoxy) is 1. The summed E-state index contributed by atoms with van der Waals surface area (Å²) >= 11 is 0. The number of carbonyl (C=O) groups is 2. The highest BCUT2D eigenvalue weighted by molar-refractivity contribution is 5.90. The standard InChI is InChI=1S/C15H16FN5O3/c16-13-9-20(6-5-14(13)22)10-1-3-11(4-2-10)21-8-12(7-18-19-17)24-15(21)23/h1-4,12-13H,5-9H2/t12?,13-/m0/s1. The lowest BCUT2D eigenvalue weighted by Crippen LogP contribution is -2.42. The van der Waals surface area contributed by atoms with Crippen LogP contribution in [0.15, 0.2) is 29.4 Å². The van der Waals surface area contributed by atoms with Crippen LogP contribution < -0.4 is 9.80 Å². The molecule has 24 heavy (non-hydrogen) atoms. The molecule has 3 rings (SSSR count). The molecule has 0 aliphatic carbocycles. The summed E-state index contributed by atoms with van der Waals surface area (Å²) < 4.78 is 18.7. The van der Waals surface area contributed by atoms with Gasteiger partial charge in [0.25, 0.3) is 0 Å². The molecule has 0 radical (unpaired) electrons. The molecule has 0 N–H and O–H groups in total. The lowest BCUT2D eigenvalue weighted by atomic mass is 10.1. The monoisotopic (exact) mass is 333 g/mol. The van der Waals surface area contributed by atoms with Gasteiger partial charge in [-0.25, -0.2) is 9.18 Å². The molecule has 0 spiro atoms. The Hall–Kier alpha value is -2.80. The summed E-state index contributed by atoms with van der Waals surface area (Å²) in [6.07, 6.45) is -2.21. The van der Waals surface area contributed by atoms with Gasteiger partial charge < -0.3 is 9.64 Å². The van der Waals surface area contributed by atoms with E-state index in [-0.39, 0.29) is 25.3 Å². The summed E-state index contributed by atoms with van der Waals surface area (Å²) in [4.78, 5) is 29.1. The molecule has 1 aromatic carbocycles. The van der Waals surface area contributed by atoms with E-state index in [9.17, 15) is 14.0 Å². The number of Topliss-reactive ketones (excluding diaryl/α,β-unsaturated/α-hetero) is 1. The van der Waals surface area contributed by atoms with Gasteiger partial charge in [-0.2, -0.15) is 0 Å².